The first kappa shape index (κ1) is 20.1. The molecule has 0 amide bonds. The number of hydrogen-bond acceptors (Lipinski definition) is 5. The maximum atomic E-state index is 5.80. The zero-order valence-corrected chi connectivity index (χ0v) is 19.1. The quantitative estimate of drug-likeness (QED) is 0.384. The summed E-state index contributed by atoms with van der Waals surface area (Å²) in [5.74, 6) is 0.762. The van der Waals surface area contributed by atoms with Gasteiger partial charge in [-0.15, -0.1) is 0 Å². The second kappa shape index (κ2) is 7.81. The predicted molar refractivity (Wildman–Crippen MR) is 134 cm³/mol. The van der Waals surface area contributed by atoms with Gasteiger partial charge in [0.25, 0.3) is 0 Å². The maximum Gasteiger partial charge on any atom is 0.128 e. The lowest BCUT2D eigenvalue weighted by atomic mass is 9.94. The molecule has 7 heteroatoms. The third-order valence-electron chi connectivity index (χ3n) is 6.27. The van der Waals surface area contributed by atoms with Crippen LogP contribution >= 0.6 is 0 Å². The Kier molecular flexibility index (Phi) is 4.62. The van der Waals surface area contributed by atoms with Crippen LogP contribution in [0.25, 0.3) is 55.4 Å². The molecule has 0 spiro atoms. The average molecular weight is 447 g/mol. The molecule has 0 fully saturated rings. The highest BCUT2D eigenvalue weighted by molar-refractivity contribution is 6.00. The molecule has 1 N–H and O–H groups in total. The van der Waals surface area contributed by atoms with Crippen LogP contribution in [0.4, 0.5) is 0 Å². The Labute approximate surface area is 196 Å². The first-order chi connectivity index (χ1) is 16.6. The van der Waals surface area contributed by atoms with Gasteiger partial charge >= 0.3 is 0 Å². The van der Waals surface area contributed by atoms with Crippen molar-refractivity contribution in [3.05, 3.63) is 78.9 Å². The molecular weight excluding hydrogens is 424 g/mol. The van der Waals surface area contributed by atoms with E-state index in [1.165, 1.54) is 0 Å². The number of benzene rings is 3. The van der Waals surface area contributed by atoms with Crippen LogP contribution in [0.2, 0.25) is 0 Å². The molecule has 0 unspecified atom stereocenters. The molecule has 0 atom stereocenters. The number of aryl methyl sites for hydroxylation is 2. The Morgan fingerprint density at radius 3 is 2.56 bits per heavy atom. The van der Waals surface area contributed by atoms with Crippen molar-refractivity contribution in [3.63, 3.8) is 0 Å². The van der Waals surface area contributed by atoms with Gasteiger partial charge in [-0.3, -0.25) is 9.78 Å². The third-order valence-corrected chi connectivity index (χ3v) is 6.27. The zero-order valence-electron chi connectivity index (χ0n) is 19.1. The molecule has 3 aromatic carbocycles. The number of methoxy groups -OCH3 is 1. The Morgan fingerprint density at radius 2 is 1.74 bits per heavy atom. The summed E-state index contributed by atoms with van der Waals surface area (Å²) >= 11 is 0. The lowest BCUT2D eigenvalue weighted by Crippen LogP contribution is -1.95. The number of H-pyrrole nitrogens is 1. The monoisotopic (exact) mass is 446 g/mol. The standard InChI is InChI=1S/C27H22N6O/c1-16-18(9-10-23-21(16)13-30-31-23)19-11-20-24(12-25(19)34-3)28-15-29-27(20)22-14-33(2)32-26(22)17-7-5-4-6-8-17/h4-15H,1-3H3,(H,30,31). The SMILES string of the molecule is COc1cc2ncnc(-c3cn(C)nc3-c3ccccc3)c2cc1-c1ccc2[nH]ncc2c1C. The first-order valence-corrected chi connectivity index (χ1v) is 11.0. The van der Waals surface area contributed by atoms with Gasteiger partial charge in [0.1, 0.15) is 17.8 Å². The molecule has 0 aliphatic carbocycles. The van der Waals surface area contributed by atoms with E-state index in [1.807, 2.05) is 54.5 Å². The van der Waals surface area contributed by atoms with E-state index < -0.39 is 0 Å². The Morgan fingerprint density at radius 1 is 0.882 bits per heavy atom. The summed E-state index contributed by atoms with van der Waals surface area (Å²) in [7, 11) is 3.62. The number of aromatic amines is 1. The molecule has 0 aliphatic heterocycles. The minimum absolute atomic E-state index is 0.762. The molecule has 6 rings (SSSR count). The fourth-order valence-electron chi connectivity index (χ4n) is 4.60. The molecule has 0 bridgehead atoms. The number of aromatic nitrogens is 6. The van der Waals surface area contributed by atoms with Crippen molar-refractivity contribution < 1.29 is 4.74 Å². The Bertz CT molecular complexity index is 1670. The van der Waals surface area contributed by atoms with Crippen LogP contribution in [0.5, 0.6) is 5.75 Å². The minimum atomic E-state index is 0.762. The molecule has 34 heavy (non-hydrogen) atoms. The van der Waals surface area contributed by atoms with E-state index in [1.54, 1.807) is 13.4 Å². The van der Waals surface area contributed by atoms with Gasteiger partial charge in [-0.2, -0.15) is 10.2 Å². The molecule has 0 radical (unpaired) electrons. The summed E-state index contributed by atoms with van der Waals surface area (Å²) in [4.78, 5) is 9.26. The highest BCUT2D eigenvalue weighted by atomic mass is 16.5. The summed E-state index contributed by atoms with van der Waals surface area (Å²) < 4.78 is 7.63. The minimum Gasteiger partial charge on any atom is -0.496 e. The third kappa shape index (κ3) is 3.13. The van der Waals surface area contributed by atoms with Gasteiger partial charge in [0.15, 0.2) is 0 Å². The number of ether oxygens (including phenoxy) is 1. The Hall–Kier alpha value is -4.52. The van der Waals surface area contributed by atoms with E-state index in [-0.39, 0.29) is 0 Å². The number of nitrogens with one attached hydrogen (secondary N) is 1. The number of rotatable bonds is 4. The van der Waals surface area contributed by atoms with Crippen molar-refractivity contribution >= 4 is 21.8 Å². The molecule has 6 aromatic rings. The summed E-state index contributed by atoms with van der Waals surface area (Å²) in [5.41, 5.74) is 8.74. The van der Waals surface area contributed by atoms with E-state index in [9.17, 15) is 0 Å². The van der Waals surface area contributed by atoms with Gasteiger partial charge < -0.3 is 4.74 Å². The molecule has 7 nitrogen and oxygen atoms in total. The van der Waals surface area contributed by atoms with Crippen LogP contribution in [-0.2, 0) is 7.05 Å². The maximum absolute atomic E-state index is 5.80. The van der Waals surface area contributed by atoms with Crippen LogP contribution in [0, 0.1) is 6.92 Å². The summed E-state index contributed by atoms with van der Waals surface area (Å²) in [6.45, 7) is 2.11. The van der Waals surface area contributed by atoms with Gasteiger partial charge in [-0.25, -0.2) is 9.97 Å². The topological polar surface area (TPSA) is 81.5 Å². The van der Waals surface area contributed by atoms with Crippen LogP contribution in [0.3, 0.4) is 0 Å². The molecule has 0 saturated heterocycles. The van der Waals surface area contributed by atoms with Crippen molar-refractivity contribution in [1.29, 1.82) is 0 Å². The number of hydrogen-bond donors (Lipinski definition) is 1. The van der Waals surface area contributed by atoms with Gasteiger partial charge in [-0.1, -0.05) is 36.4 Å². The van der Waals surface area contributed by atoms with Gasteiger partial charge in [0.2, 0.25) is 0 Å². The zero-order chi connectivity index (χ0) is 23.2. The van der Waals surface area contributed by atoms with Gasteiger partial charge in [-0.05, 0) is 30.2 Å². The van der Waals surface area contributed by atoms with Gasteiger partial charge in [0, 0.05) is 46.8 Å². The van der Waals surface area contributed by atoms with E-state index >= 15 is 0 Å². The molecule has 3 aromatic heterocycles. The largest absolute Gasteiger partial charge is 0.496 e. The van der Waals surface area contributed by atoms with E-state index in [0.717, 1.165) is 66.8 Å². The molecule has 0 saturated carbocycles. The average Bonchev–Trinajstić information content (AvgIpc) is 3.51. The fourth-order valence-corrected chi connectivity index (χ4v) is 4.60. The van der Waals surface area contributed by atoms with Crippen LogP contribution in [0.15, 0.2) is 73.3 Å². The Balaban J connectivity index is 1.62. The van der Waals surface area contributed by atoms with Crippen molar-refractivity contribution in [2.45, 2.75) is 6.92 Å². The van der Waals surface area contributed by atoms with Crippen molar-refractivity contribution in [2.75, 3.05) is 7.11 Å². The normalized spacial score (nSPS) is 11.4. The summed E-state index contributed by atoms with van der Waals surface area (Å²) in [5, 5.41) is 14.0. The molecule has 3 heterocycles. The van der Waals surface area contributed by atoms with Crippen molar-refractivity contribution in [2.24, 2.45) is 7.05 Å². The lowest BCUT2D eigenvalue weighted by Gasteiger charge is -2.14. The number of fused-ring (bicyclic) bond motifs is 2. The van der Waals surface area contributed by atoms with Crippen LogP contribution < -0.4 is 4.74 Å². The summed E-state index contributed by atoms with van der Waals surface area (Å²) in [6.07, 6.45) is 5.47. The molecular formula is C27H22N6O. The molecule has 0 aliphatic rings. The van der Waals surface area contributed by atoms with Crippen LogP contribution in [-0.4, -0.2) is 37.1 Å². The smallest absolute Gasteiger partial charge is 0.128 e. The van der Waals surface area contributed by atoms with E-state index in [4.69, 9.17) is 14.8 Å². The van der Waals surface area contributed by atoms with Crippen molar-refractivity contribution in [3.8, 4) is 39.4 Å². The van der Waals surface area contributed by atoms with E-state index in [0.29, 0.717) is 0 Å². The van der Waals surface area contributed by atoms with Crippen LogP contribution in [0.1, 0.15) is 5.56 Å². The van der Waals surface area contributed by atoms with Crippen molar-refractivity contribution in [1.82, 2.24) is 29.9 Å². The lowest BCUT2D eigenvalue weighted by molar-refractivity contribution is 0.417. The van der Waals surface area contributed by atoms with E-state index in [2.05, 4.69) is 46.4 Å². The predicted octanol–water partition coefficient (Wildman–Crippen LogP) is 5.56. The highest BCUT2D eigenvalue weighted by Crippen LogP contribution is 2.40. The highest BCUT2D eigenvalue weighted by Gasteiger charge is 2.19. The molecule has 166 valence electrons. The van der Waals surface area contributed by atoms with Gasteiger partial charge in [0.05, 0.1) is 30.0 Å². The summed E-state index contributed by atoms with van der Waals surface area (Å²) in [6, 6.07) is 18.4. The first-order valence-electron chi connectivity index (χ1n) is 11.0. The number of nitrogens with zero attached hydrogens (tertiary/aromatic N) is 5. The second-order valence-corrected chi connectivity index (χ2v) is 8.29. The fraction of sp³-hybridized carbons (Fsp3) is 0.111. The second-order valence-electron chi connectivity index (χ2n) is 8.29.